The van der Waals surface area contributed by atoms with Gasteiger partial charge >= 0.3 is 0 Å². The van der Waals surface area contributed by atoms with Gasteiger partial charge in [0.25, 0.3) is 0 Å². The normalized spacial score (nSPS) is 11.6. The van der Waals surface area contributed by atoms with Gasteiger partial charge in [-0.3, -0.25) is 0 Å². The van der Waals surface area contributed by atoms with Crippen molar-refractivity contribution in [2.75, 3.05) is 0 Å². The molecule has 0 heterocycles. The van der Waals surface area contributed by atoms with E-state index in [1.54, 1.807) is 0 Å². The van der Waals surface area contributed by atoms with Crippen molar-refractivity contribution in [1.29, 1.82) is 0 Å². The first-order valence-electron chi connectivity index (χ1n) is 6.33. The molecule has 0 fully saturated rings. The third kappa shape index (κ3) is 3.15. The fourth-order valence-electron chi connectivity index (χ4n) is 1.99. The van der Waals surface area contributed by atoms with Crippen molar-refractivity contribution in [1.82, 2.24) is 0 Å². The number of hydrogen-bond acceptors (Lipinski definition) is 2. The lowest BCUT2D eigenvalue weighted by atomic mass is 9.98. The van der Waals surface area contributed by atoms with Gasteiger partial charge in [-0.15, -0.1) is 0 Å². The van der Waals surface area contributed by atoms with Crippen LogP contribution in [0.4, 0.5) is 0 Å². The zero-order chi connectivity index (χ0) is 13.2. The first-order valence-corrected chi connectivity index (χ1v) is 6.33. The molecule has 0 radical (unpaired) electrons. The van der Waals surface area contributed by atoms with Crippen LogP contribution in [0.25, 0.3) is 0 Å². The number of rotatable bonds is 3. The molecule has 17 heavy (non-hydrogen) atoms. The summed E-state index contributed by atoms with van der Waals surface area (Å²) in [4.78, 5) is 0. The van der Waals surface area contributed by atoms with Crippen LogP contribution in [0.15, 0.2) is 6.07 Å². The van der Waals surface area contributed by atoms with Gasteiger partial charge in [0.05, 0.1) is 0 Å². The highest BCUT2D eigenvalue weighted by Crippen LogP contribution is 2.35. The van der Waals surface area contributed by atoms with E-state index in [9.17, 15) is 5.11 Å². The lowest BCUT2D eigenvalue weighted by Crippen LogP contribution is -2.23. The minimum absolute atomic E-state index is 0.211. The highest BCUT2D eigenvalue weighted by atomic mass is 16.5. The quantitative estimate of drug-likeness (QED) is 0.859. The molecule has 0 aromatic heterocycles. The molecule has 2 nitrogen and oxygen atoms in total. The molecule has 0 spiro atoms. The van der Waals surface area contributed by atoms with Gasteiger partial charge in [-0.1, -0.05) is 13.8 Å². The molecule has 0 amide bonds. The lowest BCUT2D eigenvalue weighted by molar-refractivity contribution is 0.129. The van der Waals surface area contributed by atoms with E-state index in [4.69, 9.17) is 4.74 Å². The molecule has 0 aliphatic carbocycles. The van der Waals surface area contributed by atoms with Crippen molar-refractivity contribution in [3.8, 4) is 11.5 Å². The van der Waals surface area contributed by atoms with Crippen LogP contribution in [0.3, 0.4) is 0 Å². The standard InChI is InChI=1S/C15H24O2/c1-7-11-9-13(17-15(4,5)6)10(3)12(8-2)14(11)16/h9,16H,7-8H2,1-6H3. The second-order valence-electron chi connectivity index (χ2n) is 5.41. The summed E-state index contributed by atoms with van der Waals surface area (Å²) >= 11 is 0. The molecule has 1 aromatic carbocycles. The van der Waals surface area contributed by atoms with Gasteiger partial charge in [-0.05, 0) is 57.7 Å². The third-order valence-corrected chi connectivity index (χ3v) is 2.87. The van der Waals surface area contributed by atoms with E-state index in [1.807, 2.05) is 40.7 Å². The van der Waals surface area contributed by atoms with Gasteiger partial charge in [0, 0.05) is 5.56 Å². The summed E-state index contributed by atoms with van der Waals surface area (Å²) in [7, 11) is 0. The average molecular weight is 236 g/mol. The number of ether oxygens (including phenoxy) is 1. The monoisotopic (exact) mass is 236 g/mol. The van der Waals surface area contributed by atoms with Crippen LogP contribution in [0, 0.1) is 6.92 Å². The molecular weight excluding hydrogens is 212 g/mol. The summed E-state index contributed by atoms with van der Waals surface area (Å²) in [5.41, 5.74) is 2.81. The Hall–Kier alpha value is -1.18. The first kappa shape index (κ1) is 13.9. The molecule has 1 rings (SSSR count). The maximum absolute atomic E-state index is 10.1. The van der Waals surface area contributed by atoms with Crippen molar-refractivity contribution in [3.05, 3.63) is 22.8 Å². The Morgan fingerprint density at radius 1 is 1.18 bits per heavy atom. The number of aromatic hydroxyl groups is 1. The van der Waals surface area contributed by atoms with Gasteiger partial charge in [0.1, 0.15) is 17.1 Å². The Bertz CT molecular complexity index is 400. The molecular formula is C15H24O2. The first-order chi connectivity index (χ1) is 7.80. The molecule has 0 aliphatic heterocycles. The van der Waals surface area contributed by atoms with E-state index in [-0.39, 0.29) is 5.60 Å². The van der Waals surface area contributed by atoms with E-state index >= 15 is 0 Å². The fraction of sp³-hybridized carbons (Fsp3) is 0.600. The van der Waals surface area contributed by atoms with Gasteiger partial charge in [-0.2, -0.15) is 0 Å². The average Bonchev–Trinajstić information content (AvgIpc) is 2.21. The summed E-state index contributed by atoms with van der Waals surface area (Å²) < 4.78 is 5.96. The Morgan fingerprint density at radius 2 is 1.76 bits per heavy atom. The maximum Gasteiger partial charge on any atom is 0.123 e. The van der Waals surface area contributed by atoms with E-state index in [0.717, 1.165) is 35.3 Å². The molecule has 0 atom stereocenters. The molecule has 1 N–H and O–H groups in total. The summed E-state index contributed by atoms with van der Waals surface area (Å²) in [6.07, 6.45) is 1.64. The van der Waals surface area contributed by atoms with Crippen molar-refractivity contribution in [2.45, 2.75) is 60.0 Å². The number of aryl methyl sites for hydroxylation is 1. The molecule has 0 aliphatic rings. The second kappa shape index (κ2) is 4.99. The zero-order valence-corrected chi connectivity index (χ0v) is 11.8. The largest absolute Gasteiger partial charge is 0.507 e. The van der Waals surface area contributed by atoms with Crippen molar-refractivity contribution < 1.29 is 9.84 Å². The highest BCUT2D eigenvalue weighted by molar-refractivity contribution is 5.52. The van der Waals surface area contributed by atoms with Crippen LogP contribution in [0.5, 0.6) is 11.5 Å². The van der Waals surface area contributed by atoms with E-state index in [0.29, 0.717) is 5.75 Å². The number of hydrogen-bond donors (Lipinski definition) is 1. The Morgan fingerprint density at radius 3 is 2.18 bits per heavy atom. The second-order valence-corrected chi connectivity index (χ2v) is 5.41. The van der Waals surface area contributed by atoms with Crippen LogP contribution in [-0.4, -0.2) is 10.7 Å². The summed E-state index contributed by atoms with van der Waals surface area (Å²) in [6, 6.07) is 1.97. The number of phenols is 1. The fourth-order valence-corrected chi connectivity index (χ4v) is 1.99. The number of benzene rings is 1. The highest BCUT2D eigenvalue weighted by Gasteiger charge is 2.18. The molecule has 0 unspecified atom stereocenters. The van der Waals surface area contributed by atoms with Crippen molar-refractivity contribution in [3.63, 3.8) is 0 Å². The molecule has 0 saturated carbocycles. The number of phenolic OH excluding ortho intramolecular Hbond substituents is 1. The Labute approximate surface area is 105 Å². The zero-order valence-electron chi connectivity index (χ0n) is 11.8. The Kier molecular flexibility index (Phi) is 4.07. The molecule has 96 valence electrons. The summed E-state index contributed by atoms with van der Waals surface area (Å²) in [6.45, 7) is 12.2. The smallest absolute Gasteiger partial charge is 0.123 e. The van der Waals surface area contributed by atoms with E-state index < -0.39 is 0 Å². The predicted octanol–water partition coefficient (Wildman–Crippen LogP) is 4.00. The lowest BCUT2D eigenvalue weighted by Gasteiger charge is -2.25. The third-order valence-electron chi connectivity index (χ3n) is 2.87. The summed E-state index contributed by atoms with van der Waals surface area (Å²) in [5, 5.41) is 10.1. The Balaban J connectivity index is 3.31. The van der Waals surface area contributed by atoms with Crippen molar-refractivity contribution in [2.24, 2.45) is 0 Å². The van der Waals surface area contributed by atoms with Gasteiger partial charge in [-0.25, -0.2) is 0 Å². The minimum atomic E-state index is -0.211. The maximum atomic E-state index is 10.1. The summed E-state index contributed by atoms with van der Waals surface area (Å²) in [5.74, 6) is 1.33. The minimum Gasteiger partial charge on any atom is -0.507 e. The van der Waals surface area contributed by atoms with Gasteiger partial charge in [0.2, 0.25) is 0 Å². The van der Waals surface area contributed by atoms with Crippen LogP contribution < -0.4 is 4.74 Å². The van der Waals surface area contributed by atoms with E-state index in [2.05, 4.69) is 6.92 Å². The van der Waals surface area contributed by atoms with Gasteiger partial charge < -0.3 is 9.84 Å². The molecule has 0 saturated heterocycles. The van der Waals surface area contributed by atoms with Crippen LogP contribution in [0.2, 0.25) is 0 Å². The predicted molar refractivity (Wildman–Crippen MR) is 72.0 cm³/mol. The van der Waals surface area contributed by atoms with Crippen LogP contribution in [0.1, 0.15) is 51.3 Å². The molecule has 0 bridgehead atoms. The van der Waals surface area contributed by atoms with Crippen LogP contribution >= 0.6 is 0 Å². The van der Waals surface area contributed by atoms with Crippen LogP contribution in [-0.2, 0) is 12.8 Å². The van der Waals surface area contributed by atoms with E-state index in [1.165, 1.54) is 0 Å². The van der Waals surface area contributed by atoms with Gasteiger partial charge in [0.15, 0.2) is 0 Å². The molecule has 1 aromatic rings. The SMILES string of the molecule is CCc1cc(OC(C)(C)C)c(C)c(CC)c1O. The topological polar surface area (TPSA) is 29.5 Å². The molecule has 2 heteroatoms. The van der Waals surface area contributed by atoms with Crippen molar-refractivity contribution >= 4 is 0 Å².